The normalized spacial score (nSPS) is 14.5. The average molecular weight is 374 g/mol. The van der Waals surface area contributed by atoms with E-state index in [0.717, 1.165) is 33.5 Å². The van der Waals surface area contributed by atoms with E-state index in [9.17, 15) is 9.18 Å². The predicted molar refractivity (Wildman–Crippen MR) is 107 cm³/mol. The molecule has 0 atom stereocenters. The van der Waals surface area contributed by atoms with E-state index < -0.39 is 5.91 Å². The number of nitrogens with zero attached hydrogens (tertiary/aromatic N) is 1. The Morgan fingerprint density at radius 3 is 2.50 bits per heavy atom. The molecule has 4 rings (SSSR count). The molecule has 4 nitrogen and oxygen atoms in total. The van der Waals surface area contributed by atoms with Gasteiger partial charge in [0.15, 0.2) is 0 Å². The maximum Gasteiger partial charge on any atom is 0.247 e. The van der Waals surface area contributed by atoms with Gasteiger partial charge in [-0.1, -0.05) is 18.2 Å². The van der Waals surface area contributed by atoms with Crippen molar-refractivity contribution in [2.45, 2.75) is 13.3 Å². The number of rotatable bonds is 4. The molecular formula is C23H19FN2O2. The molecule has 1 aliphatic carbocycles. The van der Waals surface area contributed by atoms with Crippen LogP contribution < -0.4 is 5.48 Å². The van der Waals surface area contributed by atoms with Crippen molar-refractivity contribution in [2.24, 2.45) is 0 Å². The molecule has 28 heavy (non-hydrogen) atoms. The number of carbonyl (C=O) groups is 1. The number of halogens is 1. The number of hydrogen-bond acceptors (Lipinski definition) is 2. The van der Waals surface area contributed by atoms with Crippen LogP contribution in [0.2, 0.25) is 0 Å². The Kier molecular flexibility index (Phi) is 4.67. The molecule has 3 aromatic rings. The number of fused-ring (bicyclic) bond motifs is 1. The predicted octanol–water partition coefficient (Wildman–Crippen LogP) is 4.84. The third kappa shape index (κ3) is 3.28. The number of hydroxylamine groups is 1. The second-order valence-electron chi connectivity index (χ2n) is 6.75. The quantitative estimate of drug-likeness (QED) is 0.507. The fourth-order valence-electron chi connectivity index (χ4n) is 3.60. The molecular weight excluding hydrogens is 355 g/mol. The summed E-state index contributed by atoms with van der Waals surface area (Å²) in [7, 11) is 0. The van der Waals surface area contributed by atoms with Crippen molar-refractivity contribution in [3.8, 4) is 5.69 Å². The minimum absolute atomic E-state index is 0.0112. The molecule has 0 spiro atoms. The fraction of sp³-hybridized carbons (Fsp3) is 0.0870. The largest absolute Gasteiger partial charge is 0.324 e. The Bertz CT molecular complexity index is 1090. The first kappa shape index (κ1) is 17.9. The van der Waals surface area contributed by atoms with Gasteiger partial charge in [0.25, 0.3) is 0 Å². The van der Waals surface area contributed by atoms with E-state index in [1.54, 1.807) is 11.5 Å². The van der Waals surface area contributed by atoms with Gasteiger partial charge in [-0.05, 0) is 82.8 Å². The van der Waals surface area contributed by atoms with Crippen LogP contribution in [-0.4, -0.2) is 15.7 Å². The fourth-order valence-corrected chi connectivity index (χ4v) is 3.60. The molecule has 1 aromatic heterocycles. The first-order chi connectivity index (χ1) is 13.6. The Morgan fingerprint density at radius 2 is 1.82 bits per heavy atom. The van der Waals surface area contributed by atoms with Crippen molar-refractivity contribution in [1.29, 1.82) is 0 Å². The lowest BCUT2D eigenvalue weighted by Crippen LogP contribution is -2.18. The van der Waals surface area contributed by atoms with Gasteiger partial charge in [-0.3, -0.25) is 10.0 Å². The molecule has 0 radical (unpaired) electrons. The number of benzene rings is 2. The Balaban J connectivity index is 1.75. The summed E-state index contributed by atoms with van der Waals surface area (Å²) in [5.74, 6) is -0.882. The molecule has 2 aromatic carbocycles. The summed E-state index contributed by atoms with van der Waals surface area (Å²) in [6.07, 6.45) is 6.00. The van der Waals surface area contributed by atoms with Crippen LogP contribution in [0.3, 0.4) is 0 Å². The molecule has 1 aliphatic rings. The standard InChI is InChI=1S/C23H19FN2O2/c1-15-20(12-16-4-7-18(8-5-16)26-10-2-3-11-26)19-9-6-17(24)13-22(19)21(15)14-23(27)25-28/h2-13,28H,14H2,1H3,(H,25,27)/b20-12-. The van der Waals surface area contributed by atoms with E-state index in [4.69, 9.17) is 5.21 Å². The Hall–Kier alpha value is -3.44. The van der Waals surface area contributed by atoms with Crippen molar-refractivity contribution in [3.05, 3.63) is 95.1 Å². The zero-order valence-corrected chi connectivity index (χ0v) is 15.3. The third-order valence-corrected chi connectivity index (χ3v) is 5.02. The topological polar surface area (TPSA) is 54.3 Å². The van der Waals surface area contributed by atoms with Crippen LogP contribution in [-0.2, 0) is 4.79 Å². The minimum Gasteiger partial charge on any atom is -0.324 e. The van der Waals surface area contributed by atoms with E-state index in [1.165, 1.54) is 12.1 Å². The molecule has 0 saturated carbocycles. The van der Waals surface area contributed by atoms with Crippen molar-refractivity contribution < 1.29 is 14.4 Å². The second-order valence-corrected chi connectivity index (χ2v) is 6.75. The second kappa shape index (κ2) is 7.29. The molecule has 1 heterocycles. The lowest BCUT2D eigenvalue weighted by Gasteiger charge is -2.06. The summed E-state index contributed by atoms with van der Waals surface area (Å²) in [6.45, 7) is 1.91. The highest BCUT2D eigenvalue weighted by molar-refractivity contribution is 6.08. The SMILES string of the molecule is CC1=C(CC(=O)NO)c2cc(F)ccc2/C1=C\c1ccc(-n2cccc2)cc1. The van der Waals surface area contributed by atoms with Crippen molar-refractivity contribution >= 4 is 23.1 Å². The van der Waals surface area contributed by atoms with Gasteiger partial charge in [-0.25, -0.2) is 9.87 Å². The molecule has 0 saturated heterocycles. The summed E-state index contributed by atoms with van der Waals surface area (Å²) in [5.41, 5.74) is 7.87. The van der Waals surface area contributed by atoms with Gasteiger partial charge in [0, 0.05) is 18.1 Å². The number of carbonyl (C=O) groups excluding carboxylic acids is 1. The Labute approximate surface area is 162 Å². The van der Waals surface area contributed by atoms with Gasteiger partial charge in [0.05, 0.1) is 6.42 Å². The number of amides is 1. The van der Waals surface area contributed by atoms with Gasteiger partial charge in [-0.2, -0.15) is 0 Å². The van der Waals surface area contributed by atoms with Crippen LogP contribution in [0.15, 0.2) is 72.6 Å². The molecule has 0 fully saturated rings. The molecule has 1 amide bonds. The van der Waals surface area contributed by atoms with E-state index in [0.29, 0.717) is 5.56 Å². The lowest BCUT2D eigenvalue weighted by molar-refractivity contribution is -0.128. The van der Waals surface area contributed by atoms with E-state index in [1.807, 2.05) is 66.4 Å². The van der Waals surface area contributed by atoms with Crippen LogP contribution in [0.25, 0.3) is 22.9 Å². The lowest BCUT2D eigenvalue weighted by atomic mass is 10.0. The Morgan fingerprint density at radius 1 is 1.11 bits per heavy atom. The summed E-state index contributed by atoms with van der Waals surface area (Å²) in [6, 6.07) is 16.7. The summed E-state index contributed by atoms with van der Waals surface area (Å²) < 4.78 is 15.8. The third-order valence-electron chi connectivity index (χ3n) is 5.02. The monoisotopic (exact) mass is 374 g/mol. The van der Waals surface area contributed by atoms with Crippen molar-refractivity contribution in [2.75, 3.05) is 0 Å². The van der Waals surface area contributed by atoms with Crippen LogP contribution in [0.5, 0.6) is 0 Å². The van der Waals surface area contributed by atoms with Crippen molar-refractivity contribution in [1.82, 2.24) is 10.0 Å². The summed E-state index contributed by atoms with van der Waals surface area (Å²) in [5, 5.41) is 8.88. The van der Waals surface area contributed by atoms with Gasteiger partial charge in [0.1, 0.15) is 5.82 Å². The van der Waals surface area contributed by atoms with E-state index in [2.05, 4.69) is 0 Å². The number of allylic oxidation sites excluding steroid dienone is 2. The smallest absolute Gasteiger partial charge is 0.247 e. The first-order valence-electron chi connectivity index (χ1n) is 8.95. The van der Waals surface area contributed by atoms with E-state index in [-0.39, 0.29) is 12.2 Å². The molecule has 0 unspecified atom stereocenters. The maximum atomic E-state index is 13.8. The van der Waals surface area contributed by atoms with Crippen LogP contribution >= 0.6 is 0 Å². The summed E-state index contributed by atoms with van der Waals surface area (Å²) in [4.78, 5) is 11.7. The van der Waals surface area contributed by atoms with Gasteiger partial charge in [-0.15, -0.1) is 0 Å². The zero-order chi connectivity index (χ0) is 19.7. The molecule has 0 aliphatic heterocycles. The number of aromatic nitrogens is 1. The van der Waals surface area contributed by atoms with Crippen LogP contribution in [0.4, 0.5) is 4.39 Å². The van der Waals surface area contributed by atoms with Gasteiger partial charge >= 0.3 is 0 Å². The first-order valence-corrected chi connectivity index (χ1v) is 8.95. The average Bonchev–Trinajstić information content (AvgIpc) is 3.32. The molecule has 0 bridgehead atoms. The molecule has 2 N–H and O–H groups in total. The molecule has 140 valence electrons. The van der Waals surface area contributed by atoms with Gasteiger partial charge < -0.3 is 4.57 Å². The van der Waals surface area contributed by atoms with Gasteiger partial charge in [0.2, 0.25) is 5.91 Å². The molecule has 5 heteroatoms. The highest BCUT2D eigenvalue weighted by atomic mass is 19.1. The minimum atomic E-state index is -0.526. The number of nitrogens with one attached hydrogen (secondary N) is 1. The maximum absolute atomic E-state index is 13.8. The van der Waals surface area contributed by atoms with Crippen molar-refractivity contribution in [3.63, 3.8) is 0 Å². The highest BCUT2D eigenvalue weighted by Crippen LogP contribution is 2.43. The summed E-state index contributed by atoms with van der Waals surface area (Å²) >= 11 is 0. The number of hydrogen-bond donors (Lipinski definition) is 2. The van der Waals surface area contributed by atoms with Crippen LogP contribution in [0, 0.1) is 5.82 Å². The highest BCUT2D eigenvalue weighted by Gasteiger charge is 2.25. The zero-order valence-electron chi connectivity index (χ0n) is 15.3. The van der Waals surface area contributed by atoms with E-state index >= 15 is 0 Å². The van der Waals surface area contributed by atoms with Crippen LogP contribution in [0.1, 0.15) is 30.0 Å².